The number of aliphatic hydroxyl groups is 1. The van der Waals surface area contributed by atoms with Crippen LogP contribution < -0.4 is 10.1 Å². The first kappa shape index (κ1) is 15.5. The lowest BCUT2D eigenvalue weighted by molar-refractivity contribution is 0.107. The van der Waals surface area contributed by atoms with Gasteiger partial charge in [-0.05, 0) is 36.2 Å². The zero-order chi connectivity index (χ0) is 14.9. The smallest absolute Gasteiger partial charge is 0.119 e. The molecule has 0 radical (unpaired) electrons. The number of ether oxygens (including phenoxy) is 1. The van der Waals surface area contributed by atoms with Gasteiger partial charge in [0.1, 0.15) is 18.5 Å². The van der Waals surface area contributed by atoms with E-state index in [0.717, 1.165) is 18.7 Å². The number of likely N-dealkylation sites (N-methyl/N-ethyl adjacent to an activating group) is 1. The Labute approximate surface area is 126 Å². The van der Waals surface area contributed by atoms with E-state index in [1.165, 1.54) is 11.1 Å². The van der Waals surface area contributed by atoms with Crippen molar-refractivity contribution >= 4 is 0 Å². The van der Waals surface area contributed by atoms with Crippen LogP contribution in [0.3, 0.4) is 0 Å². The molecular formula is C18H23NO2. The number of hydrogen-bond donors (Lipinski definition) is 2. The molecule has 0 aliphatic heterocycles. The van der Waals surface area contributed by atoms with Gasteiger partial charge in [-0.3, -0.25) is 0 Å². The average Bonchev–Trinajstić information content (AvgIpc) is 2.53. The summed E-state index contributed by atoms with van der Waals surface area (Å²) >= 11 is 0. The van der Waals surface area contributed by atoms with Crippen LogP contribution in [0.15, 0.2) is 54.6 Å². The quantitative estimate of drug-likeness (QED) is 0.783. The Morgan fingerprint density at radius 3 is 2.33 bits per heavy atom. The summed E-state index contributed by atoms with van der Waals surface area (Å²) in [6.07, 6.45) is 0.443. The van der Waals surface area contributed by atoms with Crippen molar-refractivity contribution in [3.63, 3.8) is 0 Å². The van der Waals surface area contributed by atoms with Crippen molar-refractivity contribution in [2.45, 2.75) is 19.4 Å². The van der Waals surface area contributed by atoms with Crippen molar-refractivity contribution in [3.05, 3.63) is 65.7 Å². The molecule has 0 aromatic heterocycles. The van der Waals surface area contributed by atoms with Crippen LogP contribution >= 0.6 is 0 Å². The van der Waals surface area contributed by atoms with Gasteiger partial charge in [-0.25, -0.2) is 0 Å². The number of nitrogens with one attached hydrogen (secondary N) is 1. The summed E-state index contributed by atoms with van der Waals surface area (Å²) in [5, 5.41) is 12.8. The van der Waals surface area contributed by atoms with Crippen LogP contribution in [0.5, 0.6) is 5.75 Å². The van der Waals surface area contributed by atoms with E-state index >= 15 is 0 Å². The molecule has 2 aromatic rings. The Bertz CT molecular complexity index is 511. The molecule has 2 N–H and O–H groups in total. The molecule has 112 valence electrons. The van der Waals surface area contributed by atoms with Crippen LogP contribution in [-0.2, 0) is 6.42 Å². The number of hydrogen-bond acceptors (Lipinski definition) is 3. The minimum Gasteiger partial charge on any atom is -0.491 e. The average molecular weight is 285 g/mol. The van der Waals surface area contributed by atoms with Gasteiger partial charge in [-0.1, -0.05) is 49.4 Å². The maximum atomic E-state index is 9.70. The Balaban J connectivity index is 1.82. The SMILES string of the molecule is CCNCC(O)COc1ccc(Cc2ccccc2)cc1. The van der Waals surface area contributed by atoms with E-state index in [0.29, 0.717) is 13.2 Å². The van der Waals surface area contributed by atoms with Gasteiger partial charge in [-0.15, -0.1) is 0 Å². The third-order valence-corrected chi connectivity index (χ3v) is 3.25. The minimum absolute atomic E-state index is 0.311. The summed E-state index contributed by atoms with van der Waals surface area (Å²) in [6, 6.07) is 18.4. The van der Waals surface area contributed by atoms with Crippen molar-refractivity contribution in [1.82, 2.24) is 5.32 Å². The highest BCUT2D eigenvalue weighted by molar-refractivity contribution is 5.31. The first-order valence-corrected chi connectivity index (χ1v) is 7.42. The van der Waals surface area contributed by atoms with Crippen molar-refractivity contribution < 1.29 is 9.84 Å². The molecule has 0 amide bonds. The maximum absolute atomic E-state index is 9.70. The lowest BCUT2D eigenvalue weighted by atomic mass is 10.1. The maximum Gasteiger partial charge on any atom is 0.119 e. The molecule has 2 aromatic carbocycles. The molecule has 21 heavy (non-hydrogen) atoms. The lowest BCUT2D eigenvalue weighted by Gasteiger charge is -2.13. The first-order valence-electron chi connectivity index (χ1n) is 7.42. The van der Waals surface area contributed by atoms with E-state index in [1.54, 1.807) is 0 Å². The Morgan fingerprint density at radius 1 is 1.00 bits per heavy atom. The van der Waals surface area contributed by atoms with Crippen molar-refractivity contribution in [1.29, 1.82) is 0 Å². The summed E-state index contributed by atoms with van der Waals surface area (Å²) in [6.45, 7) is 3.73. The molecule has 0 aliphatic rings. The molecule has 0 bridgehead atoms. The molecular weight excluding hydrogens is 262 g/mol. The highest BCUT2D eigenvalue weighted by Crippen LogP contribution is 2.15. The lowest BCUT2D eigenvalue weighted by Crippen LogP contribution is -2.31. The van der Waals surface area contributed by atoms with Gasteiger partial charge in [0.2, 0.25) is 0 Å². The fourth-order valence-corrected chi connectivity index (χ4v) is 2.10. The first-order chi connectivity index (χ1) is 10.3. The molecule has 0 saturated heterocycles. The van der Waals surface area contributed by atoms with Crippen molar-refractivity contribution in [3.8, 4) is 5.75 Å². The van der Waals surface area contributed by atoms with E-state index in [4.69, 9.17) is 4.74 Å². The molecule has 3 nitrogen and oxygen atoms in total. The number of benzene rings is 2. The van der Waals surface area contributed by atoms with Gasteiger partial charge in [0, 0.05) is 6.54 Å². The van der Waals surface area contributed by atoms with E-state index in [1.807, 2.05) is 25.1 Å². The second-order valence-corrected chi connectivity index (χ2v) is 5.08. The van der Waals surface area contributed by atoms with Crippen LogP contribution in [0.25, 0.3) is 0 Å². The van der Waals surface area contributed by atoms with E-state index in [9.17, 15) is 5.11 Å². The Hall–Kier alpha value is -1.84. The summed E-state index contributed by atoms with van der Waals surface area (Å²) in [4.78, 5) is 0. The molecule has 2 rings (SSSR count). The molecule has 0 spiro atoms. The number of rotatable bonds is 8. The van der Waals surface area contributed by atoms with Gasteiger partial charge >= 0.3 is 0 Å². The minimum atomic E-state index is -0.478. The molecule has 0 fully saturated rings. The van der Waals surface area contributed by atoms with Crippen molar-refractivity contribution in [2.24, 2.45) is 0 Å². The predicted octanol–water partition coefficient (Wildman–Crippen LogP) is 2.63. The fraction of sp³-hybridized carbons (Fsp3) is 0.333. The summed E-state index contributed by atoms with van der Waals surface area (Å²) < 4.78 is 5.58. The third-order valence-electron chi connectivity index (χ3n) is 3.25. The van der Waals surface area contributed by atoms with Crippen LogP contribution in [0.1, 0.15) is 18.1 Å². The highest BCUT2D eigenvalue weighted by Gasteiger charge is 2.04. The van der Waals surface area contributed by atoms with Gasteiger partial charge in [-0.2, -0.15) is 0 Å². The van der Waals surface area contributed by atoms with Crippen LogP contribution in [0.4, 0.5) is 0 Å². The van der Waals surface area contributed by atoms with Crippen LogP contribution in [0.2, 0.25) is 0 Å². The zero-order valence-electron chi connectivity index (χ0n) is 12.5. The predicted molar refractivity (Wildman–Crippen MR) is 85.7 cm³/mol. The van der Waals surface area contributed by atoms with Gasteiger partial charge in [0.05, 0.1) is 0 Å². The van der Waals surface area contributed by atoms with Crippen LogP contribution in [-0.4, -0.2) is 30.9 Å². The Kier molecular flexibility index (Phi) is 6.25. The molecule has 0 heterocycles. The van der Waals surface area contributed by atoms with Gasteiger partial charge in [0.15, 0.2) is 0 Å². The van der Waals surface area contributed by atoms with E-state index in [-0.39, 0.29) is 0 Å². The second-order valence-electron chi connectivity index (χ2n) is 5.08. The van der Waals surface area contributed by atoms with Crippen LogP contribution in [0, 0.1) is 0 Å². The van der Waals surface area contributed by atoms with E-state index < -0.39 is 6.10 Å². The summed E-state index contributed by atoms with van der Waals surface area (Å²) in [5.41, 5.74) is 2.55. The molecule has 1 atom stereocenters. The molecule has 3 heteroatoms. The van der Waals surface area contributed by atoms with Gasteiger partial charge in [0.25, 0.3) is 0 Å². The van der Waals surface area contributed by atoms with Crippen molar-refractivity contribution in [2.75, 3.05) is 19.7 Å². The van der Waals surface area contributed by atoms with Gasteiger partial charge < -0.3 is 15.2 Å². The standard InChI is InChI=1S/C18H23NO2/c1-2-19-13-17(20)14-21-18-10-8-16(9-11-18)12-15-6-4-3-5-7-15/h3-11,17,19-20H,2,12-14H2,1H3. The van der Waals surface area contributed by atoms with E-state index in [2.05, 4.69) is 41.7 Å². The highest BCUT2D eigenvalue weighted by atomic mass is 16.5. The number of aliphatic hydroxyl groups excluding tert-OH is 1. The normalized spacial score (nSPS) is 12.1. The molecule has 0 saturated carbocycles. The summed E-state index contributed by atoms with van der Waals surface area (Å²) in [5.74, 6) is 0.794. The monoisotopic (exact) mass is 285 g/mol. The topological polar surface area (TPSA) is 41.5 Å². The third kappa shape index (κ3) is 5.58. The zero-order valence-corrected chi connectivity index (χ0v) is 12.5. The Morgan fingerprint density at radius 2 is 1.67 bits per heavy atom. The summed E-state index contributed by atoms with van der Waals surface area (Å²) in [7, 11) is 0. The molecule has 1 unspecified atom stereocenters. The fourth-order valence-electron chi connectivity index (χ4n) is 2.10. The second kappa shape index (κ2) is 8.45. The largest absolute Gasteiger partial charge is 0.491 e. The molecule has 0 aliphatic carbocycles.